The number of benzene rings is 1. The molecule has 1 unspecified atom stereocenters. The summed E-state index contributed by atoms with van der Waals surface area (Å²) in [6.07, 6.45) is 2.06. The molecule has 1 atom stereocenters. The normalized spacial score (nSPS) is 18.6. The number of hydrogen-bond acceptors (Lipinski definition) is 2. The molecule has 4 nitrogen and oxygen atoms in total. The Morgan fingerprint density at radius 2 is 1.87 bits per heavy atom. The van der Waals surface area contributed by atoms with Gasteiger partial charge in [-0.3, -0.25) is 9.59 Å². The number of rotatable bonds is 3. The Balaban J connectivity index is 2.00. The fraction of sp³-hybridized carbons (Fsp3) is 0.579. The minimum Gasteiger partial charge on any atom is -0.356 e. The Hall–Kier alpha value is -1.84. The maximum atomic E-state index is 12.7. The van der Waals surface area contributed by atoms with Gasteiger partial charge in [0.2, 0.25) is 5.91 Å². The topological polar surface area (TPSA) is 49.4 Å². The van der Waals surface area contributed by atoms with Crippen LogP contribution in [-0.2, 0) is 10.2 Å². The van der Waals surface area contributed by atoms with Crippen molar-refractivity contribution in [2.24, 2.45) is 5.92 Å². The van der Waals surface area contributed by atoms with Crippen molar-refractivity contribution in [3.8, 4) is 0 Å². The van der Waals surface area contributed by atoms with E-state index in [0.29, 0.717) is 12.5 Å². The molecule has 0 aromatic heterocycles. The number of hydrogen-bond donors (Lipinski definition) is 1. The van der Waals surface area contributed by atoms with Crippen molar-refractivity contribution in [2.45, 2.75) is 46.0 Å². The fourth-order valence-corrected chi connectivity index (χ4v) is 3.00. The lowest BCUT2D eigenvalue weighted by atomic mass is 9.86. The summed E-state index contributed by atoms with van der Waals surface area (Å²) in [4.78, 5) is 25.6. The molecule has 1 aromatic carbocycles. The smallest absolute Gasteiger partial charge is 0.253 e. The van der Waals surface area contributed by atoms with Gasteiger partial charge in [-0.1, -0.05) is 32.9 Å². The van der Waals surface area contributed by atoms with E-state index in [-0.39, 0.29) is 17.2 Å². The Morgan fingerprint density at radius 3 is 2.43 bits per heavy atom. The number of nitrogens with one attached hydrogen (secondary N) is 1. The molecule has 1 saturated heterocycles. The summed E-state index contributed by atoms with van der Waals surface area (Å²) in [6.45, 7) is 10.2. The van der Waals surface area contributed by atoms with E-state index in [9.17, 15) is 9.59 Å². The predicted octanol–water partition coefficient (Wildman–Crippen LogP) is 2.97. The first kappa shape index (κ1) is 17.5. The van der Waals surface area contributed by atoms with Crippen molar-refractivity contribution in [2.75, 3.05) is 19.6 Å². The van der Waals surface area contributed by atoms with E-state index in [1.54, 1.807) is 0 Å². The summed E-state index contributed by atoms with van der Waals surface area (Å²) in [5, 5.41) is 2.86. The second-order valence-corrected chi connectivity index (χ2v) is 7.52. The maximum Gasteiger partial charge on any atom is 0.253 e. The Kier molecular flexibility index (Phi) is 5.45. The molecule has 0 spiro atoms. The van der Waals surface area contributed by atoms with Crippen LogP contribution in [0.3, 0.4) is 0 Å². The van der Waals surface area contributed by atoms with Gasteiger partial charge in [0.1, 0.15) is 0 Å². The second-order valence-electron chi connectivity index (χ2n) is 7.52. The Labute approximate surface area is 139 Å². The number of likely N-dealkylation sites (tertiary alicyclic amines) is 1. The molecule has 1 aromatic rings. The summed E-state index contributed by atoms with van der Waals surface area (Å²) in [6, 6.07) is 7.96. The molecule has 126 valence electrons. The van der Waals surface area contributed by atoms with Crippen molar-refractivity contribution in [1.29, 1.82) is 0 Å². The zero-order valence-corrected chi connectivity index (χ0v) is 14.7. The highest BCUT2D eigenvalue weighted by Crippen LogP contribution is 2.23. The highest BCUT2D eigenvalue weighted by atomic mass is 16.2. The van der Waals surface area contributed by atoms with Crippen LogP contribution in [0.15, 0.2) is 24.3 Å². The van der Waals surface area contributed by atoms with Crippen molar-refractivity contribution in [1.82, 2.24) is 10.2 Å². The Morgan fingerprint density at radius 1 is 1.22 bits per heavy atom. The van der Waals surface area contributed by atoms with Crippen LogP contribution >= 0.6 is 0 Å². The van der Waals surface area contributed by atoms with Gasteiger partial charge in [-0.2, -0.15) is 0 Å². The number of carbonyl (C=O) groups excluding carboxylic acids is 2. The third-order valence-electron chi connectivity index (χ3n) is 4.44. The van der Waals surface area contributed by atoms with Gasteiger partial charge in [0.15, 0.2) is 0 Å². The maximum absolute atomic E-state index is 12.7. The summed E-state index contributed by atoms with van der Waals surface area (Å²) in [5.74, 6) is 0.439. The van der Waals surface area contributed by atoms with Gasteiger partial charge in [0, 0.05) is 32.1 Å². The largest absolute Gasteiger partial charge is 0.356 e. The molecule has 0 radical (unpaired) electrons. The molecule has 1 fully saturated rings. The first-order valence-corrected chi connectivity index (χ1v) is 8.41. The molecule has 4 heteroatoms. The first-order valence-electron chi connectivity index (χ1n) is 8.41. The molecule has 1 aliphatic rings. The number of carbonyl (C=O) groups is 2. The van der Waals surface area contributed by atoms with Crippen molar-refractivity contribution >= 4 is 11.8 Å². The standard InChI is InChI=1S/C19H28N2O2/c1-14(22)20-12-15-6-5-11-21(13-15)18(23)16-7-9-17(10-8-16)19(2,3)4/h7-10,15H,5-6,11-13H2,1-4H3,(H,20,22). The summed E-state index contributed by atoms with van der Waals surface area (Å²) < 4.78 is 0. The van der Waals surface area contributed by atoms with Crippen molar-refractivity contribution in [3.05, 3.63) is 35.4 Å². The molecule has 1 aliphatic heterocycles. The van der Waals surface area contributed by atoms with Gasteiger partial charge in [0.25, 0.3) is 5.91 Å². The van der Waals surface area contributed by atoms with Gasteiger partial charge < -0.3 is 10.2 Å². The lowest BCUT2D eigenvalue weighted by Crippen LogP contribution is -2.43. The summed E-state index contributed by atoms with van der Waals surface area (Å²) in [7, 11) is 0. The zero-order valence-electron chi connectivity index (χ0n) is 14.7. The van der Waals surface area contributed by atoms with Crippen molar-refractivity contribution in [3.63, 3.8) is 0 Å². The van der Waals surface area contributed by atoms with E-state index < -0.39 is 0 Å². The van der Waals surface area contributed by atoms with Crippen LogP contribution in [0, 0.1) is 5.92 Å². The van der Waals surface area contributed by atoms with Crippen LogP contribution in [0.25, 0.3) is 0 Å². The molecule has 1 heterocycles. The van der Waals surface area contributed by atoms with E-state index in [0.717, 1.165) is 31.5 Å². The Bertz CT molecular complexity index is 558. The second kappa shape index (κ2) is 7.16. The number of nitrogens with zero attached hydrogens (tertiary/aromatic N) is 1. The van der Waals surface area contributed by atoms with E-state index in [2.05, 4.69) is 26.1 Å². The quantitative estimate of drug-likeness (QED) is 0.932. The minimum atomic E-state index is -0.00813. The lowest BCUT2D eigenvalue weighted by molar-refractivity contribution is -0.119. The van der Waals surface area contributed by atoms with Crippen LogP contribution in [0.5, 0.6) is 0 Å². The summed E-state index contributed by atoms with van der Waals surface area (Å²) >= 11 is 0. The van der Waals surface area contributed by atoms with Crippen LogP contribution < -0.4 is 5.32 Å². The van der Waals surface area contributed by atoms with Gasteiger partial charge in [0.05, 0.1) is 0 Å². The average Bonchev–Trinajstić information content (AvgIpc) is 2.52. The van der Waals surface area contributed by atoms with Gasteiger partial charge >= 0.3 is 0 Å². The van der Waals surface area contributed by atoms with Crippen LogP contribution in [0.2, 0.25) is 0 Å². The minimum absolute atomic E-state index is 0.00813. The third-order valence-corrected chi connectivity index (χ3v) is 4.44. The zero-order chi connectivity index (χ0) is 17.0. The number of piperidine rings is 1. The van der Waals surface area contributed by atoms with Crippen molar-refractivity contribution < 1.29 is 9.59 Å². The van der Waals surface area contributed by atoms with Gasteiger partial charge in [-0.05, 0) is 41.9 Å². The van der Waals surface area contributed by atoms with Crippen LogP contribution in [0.4, 0.5) is 0 Å². The third kappa shape index (κ3) is 4.81. The molecule has 0 aliphatic carbocycles. The fourth-order valence-electron chi connectivity index (χ4n) is 3.00. The number of amides is 2. The lowest BCUT2D eigenvalue weighted by Gasteiger charge is -2.33. The highest BCUT2D eigenvalue weighted by molar-refractivity contribution is 5.94. The van der Waals surface area contributed by atoms with E-state index >= 15 is 0 Å². The molecular weight excluding hydrogens is 288 g/mol. The van der Waals surface area contributed by atoms with Gasteiger partial charge in [-0.25, -0.2) is 0 Å². The molecule has 2 rings (SSSR count). The van der Waals surface area contributed by atoms with E-state index in [4.69, 9.17) is 0 Å². The highest BCUT2D eigenvalue weighted by Gasteiger charge is 2.25. The monoisotopic (exact) mass is 316 g/mol. The van der Waals surface area contributed by atoms with Crippen LogP contribution in [0.1, 0.15) is 56.5 Å². The molecule has 2 amide bonds. The molecule has 0 saturated carbocycles. The molecule has 23 heavy (non-hydrogen) atoms. The summed E-state index contributed by atoms with van der Waals surface area (Å²) in [5.41, 5.74) is 2.07. The SMILES string of the molecule is CC(=O)NCC1CCCN(C(=O)c2ccc(C(C)(C)C)cc2)C1. The molecule has 1 N–H and O–H groups in total. The van der Waals surface area contributed by atoms with Crippen LogP contribution in [-0.4, -0.2) is 36.3 Å². The molecule has 0 bridgehead atoms. The van der Waals surface area contributed by atoms with E-state index in [1.807, 2.05) is 29.2 Å². The predicted molar refractivity (Wildman–Crippen MR) is 92.5 cm³/mol. The average molecular weight is 316 g/mol. The molecular formula is C19H28N2O2. The van der Waals surface area contributed by atoms with E-state index in [1.165, 1.54) is 12.5 Å². The first-order chi connectivity index (χ1) is 10.8. The van der Waals surface area contributed by atoms with Gasteiger partial charge in [-0.15, -0.1) is 0 Å².